The summed E-state index contributed by atoms with van der Waals surface area (Å²) in [5.41, 5.74) is 0. The van der Waals surface area contributed by atoms with Crippen molar-refractivity contribution in [3.8, 4) is 0 Å². The molecule has 1 aliphatic carbocycles. The molecule has 1 heterocycles. The van der Waals surface area contributed by atoms with E-state index in [9.17, 15) is 13.2 Å². The third-order valence-electron chi connectivity index (χ3n) is 2.20. The molecule has 1 aliphatic rings. The Morgan fingerprint density at radius 2 is 2.21 bits per heavy atom. The number of alkyl halides is 3. The summed E-state index contributed by atoms with van der Waals surface area (Å²) in [5.74, 6) is 0.549. The van der Waals surface area contributed by atoms with E-state index in [1.165, 1.54) is 0 Å². The Hall–Kier alpha value is -0.780. The van der Waals surface area contributed by atoms with Crippen molar-refractivity contribution in [3.05, 3.63) is 11.1 Å². The van der Waals surface area contributed by atoms with Crippen LogP contribution in [-0.4, -0.2) is 11.0 Å². The number of halogens is 3. The van der Waals surface area contributed by atoms with Gasteiger partial charge in [-0.2, -0.15) is 13.2 Å². The molecule has 1 aromatic rings. The molecule has 2 rings (SSSR count). The van der Waals surface area contributed by atoms with E-state index < -0.39 is 11.1 Å². The number of aromatic nitrogens is 1. The number of rotatable bonds is 2. The zero-order valence-electron chi connectivity index (χ0n) is 7.43. The van der Waals surface area contributed by atoms with Gasteiger partial charge in [-0.15, -0.1) is 0 Å². The second kappa shape index (κ2) is 3.12. The quantitative estimate of drug-likeness (QED) is 0.832. The fraction of sp³-hybridized carbons (Fsp3) is 0.625. The van der Waals surface area contributed by atoms with Gasteiger partial charge in [0.1, 0.15) is 4.88 Å². The molecule has 6 heteroatoms. The Morgan fingerprint density at radius 1 is 1.57 bits per heavy atom. The van der Waals surface area contributed by atoms with Crippen molar-refractivity contribution < 1.29 is 13.2 Å². The predicted molar refractivity (Wildman–Crippen MR) is 48.3 cm³/mol. The van der Waals surface area contributed by atoms with Crippen LogP contribution >= 0.6 is 11.3 Å². The summed E-state index contributed by atoms with van der Waals surface area (Å²) in [6.45, 7) is 2.05. The van der Waals surface area contributed by atoms with E-state index in [2.05, 4.69) is 17.2 Å². The molecule has 0 aliphatic heterocycles. The fourth-order valence-electron chi connectivity index (χ4n) is 1.15. The van der Waals surface area contributed by atoms with Gasteiger partial charge >= 0.3 is 6.18 Å². The topological polar surface area (TPSA) is 24.9 Å². The van der Waals surface area contributed by atoms with E-state index in [1.54, 1.807) is 0 Å². The maximum Gasteiger partial charge on any atom is 0.427 e. The first-order valence-electron chi connectivity index (χ1n) is 4.26. The molecule has 0 spiro atoms. The van der Waals surface area contributed by atoms with Gasteiger partial charge in [0.2, 0.25) is 0 Å². The van der Waals surface area contributed by atoms with E-state index in [-0.39, 0.29) is 0 Å². The minimum atomic E-state index is -4.27. The number of nitrogens with zero attached hydrogens (tertiary/aromatic N) is 1. The van der Waals surface area contributed by atoms with Crippen LogP contribution < -0.4 is 5.32 Å². The molecule has 2 atom stereocenters. The van der Waals surface area contributed by atoms with Crippen molar-refractivity contribution in [2.45, 2.75) is 25.6 Å². The van der Waals surface area contributed by atoms with Crippen LogP contribution in [-0.2, 0) is 6.18 Å². The zero-order valence-corrected chi connectivity index (χ0v) is 8.25. The summed E-state index contributed by atoms with van der Waals surface area (Å²) >= 11 is 0.663. The molecule has 0 amide bonds. The van der Waals surface area contributed by atoms with Crippen LogP contribution in [0, 0.1) is 5.92 Å². The highest BCUT2D eigenvalue weighted by Crippen LogP contribution is 2.38. The smallest absolute Gasteiger partial charge is 0.358 e. The van der Waals surface area contributed by atoms with Crippen LogP contribution in [0.4, 0.5) is 18.3 Å². The molecular formula is C8H9F3N2S. The molecule has 1 saturated carbocycles. The molecule has 0 radical (unpaired) electrons. The predicted octanol–water partition coefficient (Wildman–Crippen LogP) is 2.98. The monoisotopic (exact) mass is 222 g/mol. The highest BCUT2D eigenvalue weighted by Gasteiger charge is 2.36. The Labute approximate surface area is 83.2 Å². The van der Waals surface area contributed by atoms with Gasteiger partial charge in [-0.05, 0) is 12.3 Å². The van der Waals surface area contributed by atoms with Gasteiger partial charge in [-0.25, -0.2) is 4.98 Å². The van der Waals surface area contributed by atoms with Crippen molar-refractivity contribution in [1.82, 2.24) is 4.98 Å². The SMILES string of the molecule is CC1CC1Nc1ncc(C(F)(F)F)s1. The molecule has 1 fully saturated rings. The highest BCUT2D eigenvalue weighted by molar-refractivity contribution is 7.15. The standard InChI is InChI=1S/C8H9F3N2S/c1-4-2-5(4)13-7-12-3-6(14-7)8(9,10)11/h3-5H,2H2,1H3,(H,12,13). The van der Waals surface area contributed by atoms with Gasteiger partial charge in [-0.3, -0.25) is 0 Å². The van der Waals surface area contributed by atoms with Crippen molar-refractivity contribution in [2.24, 2.45) is 5.92 Å². The second-order valence-corrected chi connectivity index (χ2v) is 4.52. The van der Waals surface area contributed by atoms with Crippen LogP contribution in [0.25, 0.3) is 0 Å². The zero-order chi connectivity index (χ0) is 10.3. The molecular weight excluding hydrogens is 213 g/mol. The summed E-state index contributed by atoms with van der Waals surface area (Å²) in [5, 5.41) is 3.33. The molecule has 0 aromatic carbocycles. The van der Waals surface area contributed by atoms with Gasteiger partial charge in [0, 0.05) is 6.04 Å². The Morgan fingerprint density at radius 3 is 2.64 bits per heavy atom. The molecule has 2 nitrogen and oxygen atoms in total. The second-order valence-electron chi connectivity index (χ2n) is 3.49. The fourth-order valence-corrected chi connectivity index (χ4v) is 1.90. The van der Waals surface area contributed by atoms with Gasteiger partial charge in [0.15, 0.2) is 5.13 Å². The van der Waals surface area contributed by atoms with Crippen LogP contribution in [0.5, 0.6) is 0 Å². The Balaban J connectivity index is 2.03. The minimum absolute atomic E-state index is 0.308. The number of hydrogen-bond acceptors (Lipinski definition) is 3. The van der Waals surface area contributed by atoms with Gasteiger partial charge in [-0.1, -0.05) is 18.3 Å². The third kappa shape index (κ3) is 2.00. The normalized spacial score (nSPS) is 26.3. The lowest BCUT2D eigenvalue weighted by molar-refractivity contribution is -0.134. The molecule has 2 unspecified atom stereocenters. The Kier molecular flexibility index (Phi) is 2.17. The summed E-state index contributed by atoms with van der Waals surface area (Å²) in [4.78, 5) is 3.04. The number of nitrogens with one attached hydrogen (secondary N) is 1. The van der Waals surface area contributed by atoms with E-state index in [0.29, 0.717) is 28.4 Å². The lowest BCUT2D eigenvalue weighted by Crippen LogP contribution is -2.02. The summed E-state index contributed by atoms with van der Waals surface area (Å²) in [6, 6.07) is 0.308. The lowest BCUT2D eigenvalue weighted by atomic mass is 10.5. The summed E-state index contributed by atoms with van der Waals surface area (Å²) < 4.78 is 36.5. The molecule has 78 valence electrons. The first-order chi connectivity index (χ1) is 6.47. The van der Waals surface area contributed by atoms with E-state index in [0.717, 1.165) is 12.6 Å². The van der Waals surface area contributed by atoms with Crippen LogP contribution in [0.2, 0.25) is 0 Å². The van der Waals surface area contributed by atoms with Crippen LogP contribution in [0.15, 0.2) is 6.20 Å². The number of anilines is 1. The molecule has 0 bridgehead atoms. The average molecular weight is 222 g/mol. The van der Waals surface area contributed by atoms with E-state index in [1.807, 2.05) is 0 Å². The maximum absolute atomic E-state index is 12.2. The first-order valence-corrected chi connectivity index (χ1v) is 5.08. The average Bonchev–Trinajstić information content (AvgIpc) is 2.60. The van der Waals surface area contributed by atoms with Crippen molar-refractivity contribution >= 4 is 16.5 Å². The van der Waals surface area contributed by atoms with Gasteiger partial charge in [0.25, 0.3) is 0 Å². The van der Waals surface area contributed by atoms with Crippen molar-refractivity contribution in [2.75, 3.05) is 5.32 Å². The largest absolute Gasteiger partial charge is 0.427 e. The van der Waals surface area contributed by atoms with Crippen molar-refractivity contribution in [1.29, 1.82) is 0 Å². The van der Waals surface area contributed by atoms with E-state index in [4.69, 9.17) is 0 Å². The van der Waals surface area contributed by atoms with Gasteiger partial charge < -0.3 is 5.32 Å². The summed E-state index contributed by atoms with van der Waals surface area (Å²) in [6.07, 6.45) is -2.38. The lowest BCUT2D eigenvalue weighted by Gasteiger charge is -2.00. The maximum atomic E-state index is 12.2. The molecule has 14 heavy (non-hydrogen) atoms. The van der Waals surface area contributed by atoms with Gasteiger partial charge in [0.05, 0.1) is 6.20 Å². The highest BCUT2D eigenvalue weighted by atomic mass is 32.1. The molecule has 0 saturated heterocycles. The first kappa shape index (κ1) is 9.76. The Bertz CT molecular complexity index is 334. The molecule has 1 aromatic heterocycles. The van der Waals surface area contributed by atoms with Crippen LogP contribution in [0.3, 0.4) is 0 Å². The number of hydrogen-bond donors (Lipinski definition) is 1. The van der Waals surface area contributed by atoms with Crippen molar-refractivity contribution in [3.63, 3.8) is 0 Å². The number of thiazole rings is 1. The van der Waals surface area contributed by atoms with Crippen LogP contribution in [0.1, 0.15) is 18.2 Å². The van der Waals surface area contributed by atoms with E-state index >= 15 is 0 Å². The molecule has 1 N–H and O–H groups in total. The minimum Gasteiger partial charge on any atom is -0.358 e. The third-order valence-corrected chi connectivity index (χ3v) is 3.18. The summed E-state index contributed by atoms with van der Waals surface area (Å²) in [7, 11) is 0.